The minimum Gasteiger partial charge on any atom is -0.493 e. The second-order valence-corrected chi connectivity index (χ2v) is 10.9. The molecule has 7 heteroatoms. The maximum absolute atomic E-state index is 12.6. The summed E-state index contributed by atoms with van der Waals surface area (Å²) in [4.78, 5) is 19.1. The second-order valence-electron chi connectivity index (χ2n) is 10.9. The lowest BCUT2D eigenvalue weighted by Gasteiger charge is -2.43. The summed E-state index contributed by atoms with van der Waals surface area (Å²) in [6.45, 7) is 11.0. The Kier molecular flexibility index (Phi) is 5.34. The minimum absolute atomic E-state index is 0.0110. The number of carbonyl (C=O) groups is 1. The van der Waals surface area contributed by atoms with Crippen LogP contribution in [0.2, 0.25) is 0 Å². The van der Waals surface area contributed by atoms with E-state index in [-0.39, 0.29) is 22.5 Å². The molecule has 31 heavy (non-hydrogen) atoms. The summed E-state index contributed by atoms with van der Waals surface area (Å²) in [6.07, 6.45) is 5.67. The zero-order chi connectivity index (χ0) is 22.4. The summed E-state index contributed by atoms with van der Waals surface area (Å²) in [5.41, 5.74) is 1.59. The number of benzene rings is 1. The van der Waals surface area contributed by atoms with Crippen LogP contribution in [0.25, 0.3) is 11.0 Å². The lowest BCUT2D eigenvalue weighted by molar-refractivity contribution is -0.0270. The van der Waals surface area contributed by atoms with Gasteiger partial charge >= 0.3 is 6.09 Å². The van der Waals surface area contributed by atoms with Crippen molar-refractivity contribution in [3.63, 3.8) is 0 Å². The van der Waals surface area contributed by atoms with E-state index in [4.69, 9.17) is 14.2 Å². The molecule has 1 spiro atoms. The van der Waals surface area contributed by atoms with E-state index in [1.807, 2.05) is 23.4 Å². The van der Waals surface area contributed by atoms with E-state index in [9.17, 15) is 4.79 Å². The fraction of sp³-hybridized carbons (Fsp3) is 0.667. The van der Waals surface area contributed by atoms with Gasteiger partial charge in [0, 0.05) is 25.2 Å². The number of amides is 1. The van der Waals surface area contributed by atoms with Gasteiger partial charge in [0.25, 0.3) is 0 Å². The number of ether oxygens (including phenoxy) is 3. The largest absolute Gasteiger partial charge is 0.493 e. The van der Waals surface area contributed by atoms with Crippen molar-refractivity contribution >= 4 is 17.1 Å². The molecule has 1 saturated heterocycles. The Balaban J connectivity index is 1.56. The maximum atomic E-state index is 12.6. The fourth-order valence-corrected chi connectivity index (χ4v) is 5.46. The Hall–Kier alpha value is -2.44. The molecule has 1 aromatic heterocycles. The molecule has 2 aliphatic rings. The molecule has 0 radical (unpaired) electrons. The van der Waals surface area contributed by atoms with Crippen LogP contribution in [0, 0.1) is 10.8 Å². The van der Waals surface area contributed by atoms with Gasteiger partial charge in [-0.3, -0.25) is 0 Å². The number of hydrogen-bond donors (Lipinski definition) is 0. The van der Waals surface area contributed by atoms with Crippen molar-refractivity contribution in [1.82, 2.24) is 14.5 Å². The molecule has 4 rings (SSSR count). The molecule has 1 aromatic carbocycles. The van der Waals surface area contributed by atoms with Gasteiger partial charge in [0.05, 0.1) is 38.1 Å². The van der Waals surface area contributed by atoms with Crippen LogP contribution < -0.4 is 9.47 Å². The molecule has 0 N–H and O–H groups in total. The van der Waals surface area contributed by atoms with Crippen LogP contribution in [0.1, 0.15) is 53.4 Å². The molecule has 2 fully saturated rings. The summed E-state index contributed by atoms with van der Waals surface area (Å²) >= 11 is 0. The molecule has 0 bridgehead atoms. The van der Waals surface area contributed by atoms with Gasteiger partial charge in [0.1, 0.15) is 5.60 Å². The molecular weight excluding hydrogens is 394 g/mol. The Morgan fingerprint density at radius 3 is 2.55 bits per heavy atom. The average molecular weight is 430 g/mol. The van der Waals surface area contributed by atoms with Crippen LogP contribution >= 0.6 is 0 Å². The molecule has 1 amide bonds. The smallest absolute Gasteiger partial charge is 0.410 e. The van der Waals surface area contributed by atoms with Crippen molar-refractivity contribution in [3.05, 3.63) is 18.5 Å². The van der Waals surface area contributed by atoms with Gasteiger partial charge in [-0.1, -0.05) is 27.7 Å². The summed E-state index contributed by atoms with van der Waals surface area (Å²) in [5, 5.41) is 0. The molecule has 1 aliphatic heterocycles. The lowest BCUT2D eigenvalue weighted by Crippen LogP contribution is -2.45. The van der Waals surface area contributed by atoms with E-state index in [0.717, 1.165) is 49.8 Å². The normalized spacial score (nSPS) is 26.5. The van der Waals surface area contributed by atoms with E-state index in [1.54, 1.807) is 14.2 Å². The van der Waals surface area contributed by atoms with Crippen molar-refractivity contribution < 1.29 is 19.0 Å². The van der Waals surface area contributed by atoms with Crippen LogP contribution in [0.15, 0.2) is 18.5 Å². The Morgan fingerprint density at radius 1 is 1.16 bits per heavy atom. The van der Waals surface area contributed by atoms with Gasteiger partial charge in [0.2, 0.25) is 0 Å². The zero-order valence-corrected chi connectivity index (χ0v) is 19.7. The van der Waals surface area contributed by atoms with Crippen LogP contribution in [0.3, 0.4) is 0 Å². The number of carbonyl (C=O) groups excluding carboxylic acids is 1. The fourth-order valence-electron chi connectivity index (χ4n) is 5.46. The van der Waals surface area contributed by atoms with Gasteiger partial charge < -0.3 is 23.7 Å². The topological polar surface area (TPSA) is 65.8 Å². The van der Waals surface area contributed by atoms with Crippen molar-refractivity contribution in [2.24, 2.45) is 10.8 Å². The zero-order valence-electron chi connectivity index (χ0n) is 19.7. The standard InChI is InChI=1S/C24H35N3O4/c1-22(2,3)13-26-15-24(31-21(26)28)9-7-8-23(4,12-24)14-27-16-25-17-10-19(29-5)20(30-6)11-18(17)27/h10-11,16H,7-9,12-15H2,1-6H3. The van der Waals surface area contributed by atoms with Crippen LogP contribution in [-0.4, -0.2) is 53.5 Å². The van der Waals surface area contributed by atoms with Crippen molar-refractivity contribution in [1.29, 1.82) is 0 Å². The Morgan fingerprint density at radius 2 is 1.87 bits per heavy atom. The van der Waals surface area contributed by atoms with E-state index in [1.165, 1.54) is 0 Å². The number of aromatic nitrogens is 2. The van der Waals surface area contributed by atoms with Gasteiger partial charge in [-0.2, -0.15) is 0 Å². The SMILES string of the molecule is COc1cc2ncn(CC3(C)CCCC4(CN(CC(C)(C)C)C(=O)O4)C3)c2cc1OC. The third kappa shape index (κ3) is 4.32. The first kappa shape index (κ1) is 21.8. The van der Waals surface area contributed by atoms with Crippen molar-refractivity contribution in [2.45, 2.75) is 65.5 Å². The molecule has 1 saturated carbocycles. The Labute approximate surface area is 184 Å². The van der Waals surface area contributed by atoms with Crippen LogP contribution in [-0.2, 0) is 11.3 Å². The van der Waals surface area contributed by atoms with Crippen LogP contribution in [0.4, 0.5) is 4.79 Å². The van der Waals surface area contributed by atoms with Gasteiger partial charge in [-0.05, 0) is 36.5 Å². The highest BCUT2D eigenvalue weighted by Gasteiger charge is 2.51. The van der Waals surface area contributed by atoms with E-state index >= 15 is 0 Å². The summed E-state index contributed by atoms with van der Waals surface area (Å²) in [6, 6.07) is 3.91. The molecule has 2 atom stereocenters. The van der Waals surface area contributed by atoms with Gasteiger partial charge in [0.15, 0.2) is 11.5 Å². The highest BCUT2D eigenvalue weighted by molar-refractivity contribution is 5.80. The predicted octanol–water partition coefficient (Wildman–Crippen LogP) is 4.87. The van der Waals surface area contributed by atoms with Gasteiger partial charge in [-0.25, -0.2) is 9.78 Å². The lowest BCUT2D eigenvalue weighted by atomic mass is 9.68. The summed E-state index contributed by atoms with van der Waals surface area (Å²) < 4.78 is 19.1. The summed E-state index contributed by atoms with van der Waals surface area (Å²) in [5.74, 6) is 1.38. The highest BCUT2D eigenvalue weighted by atomic mass is 16.6. The van der Waals surface area contributed by atoms with Crippen molar-refractivity contribution in [3.8, 4) is 11.5 Å². The average Bonchev–Trinajstić information content (AvgIpc) is 3.18. The second kappa shape index (κ2) is 7.61. The molecular formula is C24H35N3O4. The third-order valence-electron chi connectivity index (χ3n) is 6.55. The number of imidazole rings is 1. The quantitative estimate of drug-likeness (QED) is 0.678. The van der Waals surface area contributed by atoms with E-state index < -0.39 is 0 Å². The first-order chi connectivity index (χ1) is 14.6. The molecule has 1 aliphatic carbocycles. The maximum Gasteiger partial charge on any atom is 0.410 e. The number of hydrogen-bond acceptors (Lipinski definition) is 5. The van der Waals surface area contributed by atoms with E-state index in [0.29, 0.717) is 18.0 Å². The van der Waals surface area contributed by atoms with Gasteiger partial charge in [-0.15, -0.1) is 0 Å². The molecule has 170 valence electrons. The molecule has 2 aromatic rings. The monoisotopic (exact) mass is 429 g/mol. The summed E-state index contributed by atoms with van der Waals surface area (Å²) in [7, 11) is 3.28. The third-order valence-corrected chi connectivity index (χ3v) is 6.55. The van der Waals surface area contributed by atoms with E-state index in [2.05, 4.69) is 37.2 Å². The number of methoxy groups -OCH3 is 2. The predicted molar refractivity (Wildman–Crippen MR) is 120 cm³/mol. The minimum atomic E-state index is -0.382. The van der Waals surface area contributed by atoms with Crippen LogP contribution in [0.5, 0.6) is 11.5 Å². The Bertz CT molecular complexity index is 979. The molecule has 2 unspecified atom stereocenters. The first-order valence-corrected chi connectivity index (χ1v) is 11.1. The molecule has 7 nitrogen and oxygen atoms in total. The number of nitrogens with zero attached hydrogens (tertiary/aromatic N) is 3. The highest BCUT2D eigenvalue weighted by Crippen LogP contribution is 2.47. The first-order valence-electron chi connectivity index (χ1n) is 11.1. The molecule has 2 heterocycles. The number of rotatable bonds is 5. The van der Waals surface area contributed by atoms with Crippen molar-refractivity contribution in [2.75, 3.05) is 27.3 Å². The number of fused-ring (bicyclic) bond motifs is 1.